The predicted molar refractivity (Wildman–Crippen MR) is 141 cm³/mol. The van der Waals surface area contributed by atoms with Gasteiger partial charge in [0.15, 0.2) is 6.29 Å². The fraction of sp³-hybridized carbons (Fsp3) is 0.267. The van der Waals surface area contributed by atoms with Gasteiger partial charge in [0.1, 0.15) is 6.61 Å². The molecule has 0 unspecified atom stereocenters. The fourth-order valence-electron chi connectivity index (χ4n) is 4.41. The van der Waals surface area contributed by atoms with E-state index in [9.17, 15) is 0 Å². The summed E-state index contributed by atoms with van der Waals surface area (Å²) in [4.78, 5) is 1.21. The molecule has 1 aromatic heterocycles. The van der Waals surface area contributed by atoms with Crippen LogP contribution in [0, 0.1) is 11.8 Å². The van der Waals surface area contributed by atoms with Crippen LogP contribution in [0.1, 0.15) is 30.9 Å². The minimum Gasteiger partial charge on any atom is -0.348 e. The van der Waals surface area contributed by atoms with Crippen LogP contribution in [0.4, 0.5) is 0 Å². The molecule has 0 aliphatic carbocycles. The highest BCUT2D eigenvalue weighted by Gasteiger charge is 2.28. The van der Waals surface area contributed by atoms with Crippen LogP contribution in [0.3, 0.4) is 0 Å². The lowest BCUT2D eigenvalue weighted by atomic mass is 10.0. The van der Waals surface area contributed by atoms with Crippen molar-refractivity contribution in [2.75, 3.05) is 6.61 Å². The molecule has 0 bridgehead atoms. The van der Waals surface area contributed by atoms with Crippen LogP contribution < -0.4 is 5.32 Å². The van der Waals surface area contributed by atoms with Crippen LogP contribution in [-0.4, -0.2) is 25.0 Å². The number of hydrogen-bond acceptors (Lipinski definition) is 4. The van der Waals surface area contributed by atoms with E-state index in [0.717, 1.165) is 24.9 Å². The summed E-state index contributed by atoms with van der Waals surface area (Å²) in [6.45, 7) is 3.33. The Kier molecular flexibility index (Phi) is 7.38. The van der Waals surface area contributed by atoms with Crippen molar-refractivity contribution < 1.29 is 9.47 Å². The number of fused-ring (bicyclic) bond motifs is 1. The molecule has 1 saturated heterocycles. The summed E-state index contributed by atoms with van der Waals surface area (Å²) in [6, 6.07) is 29.8. The Balaban J connectivity index is 1.19. The molecule has 1 N–H and O–H groups in total. The van der Waals surface area contributed by atoms with Crippen molar-refractivity contribution in [3.05, 3.63) is 96.1 Å². The summed E-state index contributed by atoms with van der Waals surface area (Å²) in [7, 11) is 0. The highest BCUT2D eigenvalue weighted by Crippen LogP contribution is 2.38. The van der Waals surface area contributed by atoms with Gasteiger partial charge in [0.25, 0.3) is 0 Å². The lowest BCUT2D eigenvalue weighted by molar-refractivity contribution is -0.190. The number of ether oxygens (including phenoxy) is 2. The van der Waals surface area contributed by atoms with Gasteiger partial charge in [-0.05, 0) is 30.5 Å². The molecule has 172 valence electrons. The van der Waals surface area contributed by atoms with Crippen molar-refractivity contribution >= 4 is 21.4 Å². The standard InChI is InChI=1S/C30H29NO2S/c1-22-27(31-21-23-11-4-2-5-12-23)18-19-29(33-22)32-20-10-16-26-25-15-8-9-17-28(25)34-30(26)24-13-6-3-7-14-24/h2-9,11-15,17,22,27,29,31H,18-21H2,1H3/t22-,27-,29+/m0/s1. The first-order valence-electron chi connectivity index (χ1n) is 11.9. The van der Waals surface area contributed by atoms with Gasteiger partial charge < -0.3 is 14.8 Å². The summed E-state index contributed by atoms with van der Waals surface area (Å²) in [6.07, 6.45) is 1.79. The lowest BCUT2D eigenvalue weighted by Gasteiger charge is -2.34. The average molecular weight is 468 g/mol. The van der Waals surface area contributed by atoms with Gasteiger partial charge in [-0.2, -0.15) is 0 Å². The highest BCUT2D eigenvalue weighted by atomic mass is 32.1. The molecule has 1 aliphatic rings. The second-order valence-corrected chi connectivity index (χ2v) is 9.65. The molecule has 0 spiro atoms. The van der Waals surface area contributed by atoms with Crippen molar-refractivity contribution in [3.63, 3.8) is 0 Å². The Hall–Kier alpha value is -2.94. The smallest absolute Gasteiger partial charge is 0.159 e. The average Bonchev–Trinajstić information content (AvgIpc) is 3.26. The fourth-order valence-corrected chi connectivity index (χ4v) is 5.57. The third-order valence-corrected chi connectivity index (χ3v) is 7.46. The van der Waals surface area contributed by atoms with E-state index in [2.05, 4.69) is 96.9 Å². The Morgan fingerprint density at radius 2 is 1.68 bits per heavy atom. The van der Waals surface area contributed by atoms with E-state index in [1.807, 2.05) is 12.1 Å². The van der Waals surface area contributed by atoms with Crippen molar-refractivity contribution in [3.8, 4) is 22.3 Å². The molecule has 2 heterocycles. The predicted octanol–water partition coefficient (Wildman–Crippen LogP) is 6.62. The second kappa shape index (κ2) is 11.0. The van der Waals surface area contributed by atoms with Crippen molar-refractivity contribution in [1.82, 2.24) is 5.32 Å². The van der Waals surface area contributed by atoms with Gasteiger partial charge in [0, 0.05) is 29.1 Å². The molecule has 0 saturated carbocycles. The highest BCUT2D eigenvalue weighted by molar-refractivity contribution is 7.22. The SMILES string of the molecule is C[C@@H]1O[C@@H](OCC#Cc2c(-c3ccccc3)sc3ccccc23)CC[C@@H]1NCc1ccccc1. The maximum atomic E-state index is 6.14. The molecule has 3 atom stereocenters. The molecule has 1 fully saturated rings. The second-order valence-electron chi connectivity index (χ2n) is 8.60. The zero-order valence-corrected chi connectivity index (χ0v) is 20.2. The van der Waals surface area contributed by atoms with E-state index in [1.54, 1.807) is 11.3 Å². The maximum Gasteiger partial charge on any atom is 0.159 e. The quantitative estimate of drug-likeness (QED) is 0.323. The van der Waals surface area contributed by atoms with Crippen molar-refractivity contribution in [2.24, 2.45) is 0 Å². The Labute approximate surface area is 205 Å². The van der Waals surface area contributed by atoms with Gasteiger partial charge in [0.2, 0.25) is 0 Å². The van der Waals surface area contributed by atoms with Gasteiger partial charge in [0.05, 0.1) is 16.5 Å². The number of hydrogen-bond donors (Lipinski definition) is 1. The Morgan fingerprint density at radius 1 is 0.941 bits per heavy atom. The molecule has 3 nitrogen and oxygen atoms in total. The van der Waals surface area contributed by atoms with E-state index >= 15 is 0 Å². The van der Waals surface area contributed by atoms with Crippen LogP contribution in [0.25, 0.3) is 20.5 Å². The van der Waals surface area contributed by atoms with Crippen LogP contribution >= 0.6 is 11.3 Å². The van der Waals surface area contributed by atoms with E-state index < -0.39 is 0 Å². The van der Waals surface area contributed by atoms with Gasteiger partial charge in [-0.25, -0.2) is 0 Å². The number of nitrogens with one attached hydrogen (secondary N) is 1. The molecule has 4 heteroatoms. The Morgan fingerprint density at radius 3 is 2.47 bits per heavy atom. The van der Waals surface area contributed by atoms with Gasteiger partial charge in [-0.15, -0.1) is 11.3 Å². The molecule has 0 radical (unpaired) electrons. The normalized spacial score (nSPS) is 20.1. The molecule has 3 aromatic carbocycles. The van der Waals surface area contributed by atoms with Crippen LogP contribution in [0.2, 0.25) is 0 Å². The summed E-state index contributed by atoms with van der Waals surface area (Å²) in [5.41, 5.74) is 3.57. The molecular formula is C30H29NO2S. The van der Waals surface area contributed by atoms with Gasteiger partial charge in [-0.3, -0.25) is 0 Å². The first-order valence-corrected chi connectivity index (χ1v) is 12.7. The monoisotopic (exact) mass is 467 g/mol. The Bertz CT molecular complexity index is 1270. The molecule has 5 rings (SSSR count). The number of thiophene rings is 1. The van der Waals surface area contributed by atoms with E-state index in [4.69, 9.17) is 9.47 Å². The minimum atomic E-state index is -0.202. The third-order valence-electron chi connectivity index (χ3n) is 6.24. The molecule has 1 aliphatic heterocycles. The maximum absolute atomic E-state index is 6.14. The van der Waals surface area contributed by atoms with Crippen LogP contribution in [-0.2, 0) is 16.0 Å². The van der Waals surface area contributed by atoms with Crippen molar-refractivity contribution in [1.29, 1.82) is 0 Å². The molecule has 4 aromatic rings. The number of benzene rings is 3. The summed E-state index contributed by atoms with van der Waals surface area (Å²) < 4.78 is 13.4. The van der Waals surface area contributed by atoms with E-state index in [1.165, 1.54) is 26.1 Å². The summed E-state index contributed by atoms with van der Waals surface area (Å²) in [5.74, 6) is 6.65. The first-order chi connectivity index (χ1) is 16.8. The zero-order chi connectivity index (χ0) is 23.2. The first kappa shape index (κ1) is 22.8. The van der Waals surface area contributed by atoms with Gasteiger partial charge >= 0.3 is 0 Å². The molecule has 0 amide bonds. The summed E-state index contributed by atoms with van der Waals surface area (Å²) in [5, 5.41) is 4.83. The van der Waals surface area contributed by atoms with E-state index in [-0.39, 0.29) is 12.4 Å². The molecule has 34 heavy (non-hydrogen) atoms. The zero-order valence-electron chi connectivity index (χ0n) is 19.4. The van der Waals surface area contributed by atoms with Gasteiger partial charge in [-0.1, -0.05) is 90.7 Å². The van der Waals surface area contributed by atoms with Crippen LogP contribution in [0.5, 0.6) is 0 Å². The lowest BCUT2D eigenvalue weighted by Crippen LogP contribution is -2.46. The summed E-state index contributed by atoms with van der Waals surface area (Å²) >= 11 is 1.79. The van der Waals surface area contributed by atoms with E-state index in [0.29, 0.717) is 12.6 Å². The van der Waals surface area contributed by atoms with Crippen LogP contribution in [0.15, 0.2) is 84.9 Å². The minimum absolute atomic E-state index is 0.0981. The largest absolute Gasteiger partial charge is 0.348 e. The number of rotatable bonds is 6. The third kappa shape index (κ3) is 5.41. The topological polar surface area (TPSA) is 30.5 Å². The van der Waals surface area contributed by atoms with Crippen molar-refractivity contribution in [2.45, 2.75) is 44.7 Å². The molecular weight excluding hydrogens is 438 g/mol.